The fourth-order valence-electron chi connectivity index (χ4n) is 1.36. The van der Waals surface area contributed by atoms with Crippen molar-refractivity contribution in [3.63, 3.8) is 0 Å². The second kappa shape index (κ2) is 3.01. The molecule has 1 heterocycles. The van der Waals surface area contributed by atoms with Gasteiger partial charge in [0, 0.05) is 12.0 Å². The number of aldehydes is 1. The van der Waals surface area contributed by atoms with Crippen LogP contribution in [0.1, 0.15) is 5.56 Å². The molecule has 0 aromatic heterocycles. The van der Waals surface area contributed by atoms with Gasteiger partial charge in [0.05, 0.1) is 0 Å². The van der Waals surface area contributed by atoms with Gasteiger partial charge >= 0.3 is 0 Å². The molecule has 1 aromatic carbocycles. The van der Waals surface area contributed by atoms with Gasteiger partial charge in [-0.2, -0.15) is 0 Å². The van der Waals surface area contributed by atoms with Gasteiger partial charge < -0.3 is 4.74 Å². The summed E-state index contributed by atoms with van der Waals surface area (Å²) in [6.07, 6.45) is -0.0763. The number of carbonyl (C=O) groups is 2. The number of para-hydroxylation sites is 1. The Bertz CT molecular complexity index is 357. The maximum absolute atomic E-state index is 11.2. The summed E-state index contributed by atoms with van der Waals surface area (Å²) in [5.41, 5.74) is 0.852. The Kier molecular flexibility index (Phi) is 1.85. The highest BCUT2D eigenvalue weighted by molar-refractivity contribution is 5.99. The highest BCUT2D eigenvalue weighted by Gasteiger charge is 2.26. The molecule has 0 saturated carbocycles. The first-order chi connectivity index (χ1) is 6.31. The van der Waals surface area contributed by atoms with Crippen molar-refractivity contribution < 1.29 is 14.3 Å². The van der Waals surface area contributed by atoms with E-state index in [0.29, 0.717) is 18.5 Å². The normalized spacial score (nSPS) is 20.3. The third-order valence-electron chi connectivity index (χ3n) is 2.03. The zero-order valence-electron chi connectivity index (χ0n) is 6.90. The molecule has 2 rings (SSSR count). The Labute approximate surface area is 75.3 Å². The summed E-state index contributed by atoms with van der Waals surface area (Å²) in [5, 5.41) is 0. The number of ketones is 1. The minimum atomic E-state index is -0.908. The van der Waals surface area contributed by atoms with Crippen LogP contribution in [0.3, 0.4) is 0 Å². The molecular formula is C10H8O3. The van der Waals surface area contributed by atoms with E-state index >= 15 is 0 Å². The van der Waals surface area contributed by atoms with E-state index in [1.165, 1.54) is 0 Å². The second-order valence-corrected chi connectivity index (χ2v) is 2.93. The lowest BCUT2D eigenvalue weighted by Crippen LogP contribution is -2.34. The third kappa shape index (κ3) is 1.33. The molecule has 13 heavy (non-hydrogen) atoms. The van der Waals surface area contributed by atoms with Crippen molar-refractivity contribution in [3.05, 3.63) is 29.8 Å². The van der Waals surface area contributed by atoms with E-state index in [1.807, 2.05) is 18.2 Å². The third-order valence-corrected chi connectivity index (χ3v) is 2.03. The minimum Gasteiger partial charge on any atom is -0.475 e. The Hall–Kier alpha value is -1.64. The maximum Gasteiger partial charge on any atom is 0.212 e. The monoisotopic (exact) mass is 176 g/mol. The van der Waals surface area contributed by atoms with Crippen LogP contribution in [-0.2, 0) is 16.0 Å². The molecule has 0 bridgehead atoms. The average Bonchev–Trinajstić information content (AvgIpc) is 2.17. The highest BCUT2D eigenvalue weighted by Crippen LogP contribution is 2.24. The molecule has 1 atom stereocenters. The number of hydrogen-bond donors (Lipinski definition) is 0. The first-order valence-corrected chi connectivity index (χ1v) is 4.04. The number of ether oxygens (including phenoxy) is 1. The van der Waals surface area contributed by atoms with Gasteiger partial charge in [-0.1, -0.05) is 18.2 Å². The van der Waals surface area contributed by atoms with Gasteiger partial charge in [0.25, 0.3) is 0 Å². The smallest absolute Gasteiger partial charge is 0.212 e. The van der Waals surface area contributed by atoms with Crippen LogP contribution in [0.15, 0.2) is 24.3 Å². The van der Waals surface area contributed by atoms with Crippen LogP contribution in [0.25, 0.3) is 0 Å². The van der Waals surface area contributed by atoms with Gasteiger partial charge in [0.1, 0.15) is 5.75 Å². The lowest BCUT2D eigenvalue weighted by atomic mass is 10.0. The van der Waals surface area contributed by atoms with Crippen molar-refractivity contribution in [1.82, 2.24) is 0 Å². The summed E-state index contributed by atoms with van der Waals surface area (Å²) in [6, 6.07) is 7.25. The van der Waals surface area contributed by atoms with Crippen LogP contribution in [0, 0.1) is 0 Å². The van der Waals surface area contributed by atoms with Gasteiger partial charge in [0.2, 0.25) is 6.10 Å². The van der Waals surface area contributed by atoms with Crippen LogP contribution in [0.4, 0.5) is 0 Å². The Morgan fingerprint density at radius 2 is 2.15 bits per heavy atom. The first kappa shape index (κ1) is 7.98. The van der Waals surface area contributed by atoms with Crippen LogP contribution in [0.2, 0.25) is 0 Å². The van der Waals surface area contributed by atoms with Gasteiger partial charge in [0.15, 0.2) is 12.1 Å². The van der Waals surface area contributed by atoms with Gasteiger partial charge in [-0.25, -0.2) is 0 Å². The van der Waals surface area contributed by atoms with Crippen molar-refractivity contribution in [1.29, 1.82) is 0 Å². The predicted octanol–water partition coefficient (Wildman–Crippen LogP) is 0.758. The van der Waals surface area contributed by atoms with Crippen molar-refractivity contribution in [2.24, 2.45) is 0 Å². The molecule has 0 aliphatic carbocycles. The van der Waals surface area contributed by atoms with Crippen LogP contribution in [-0.4, -0.2) is 18.2 Å². The molecule has 1 aliphatic rings. The molecule has 0 amide bonds. The largest absolute Gasteiger partial charge is 0.475 e. The topological polar surface area (TPSA) is 43.4 Å². The van der Waals surface area contributed by atoms with E-state index in [2.05, 4.69) is 0 Å². The summed E-state index contributed by atoms with van der Waals surface area (Å²) >= 11 is 0. The summed E-state index contributed by atoms with van der Waals surface area (Å²) in [7, 11) is 0. The zero-order valence-corrected chi connectivity index (χ0v) is 6.90. The molecule has 0 N–H and O–H groups in total. The molecule has 3 heteroatoms. The quantitative estimate of drug-likeness (QED) is 0.468. The van der Waals surface area contributed by atoms with Gasteiger partial charge in [-0.3, -0.25) is 9.59 Å². The average molecular weight is 176 g/mol. The summed E-state index contributed by atoms with van der Waals surface area (Å²) < 4.78 is 5.18. The number of benzene rings is 1. The molecule has 0 unspecified atom stereocenters. The maximum atomic E-state index is 11.2. The summed E-state index contributed by atoms with van der Waals surface area (Å²) in [4.78, 5) is 21.7. The minimum absolute atomic E-state index is 0.172. The molecule has 0 fully saturated rings. The SMILES string of the molecule is O=C[C@@H]1Oc2ccccc2CC1=O. The number of hydrogen-bond acceptors (Lipinski definition) is 3. The molecule has 0 spiro atoms. The fraction of sp³-hybridized carbons (Fsp3) is 0.200. The Morgan fingerprint density at radius 3 is 2.92 bits per heavy atom. The fourth-order valence-corrected chi connectivity index (χ4v) is 1.36. The standard InChI is InChI=1S/C10H8O3/c11-6-10-8(12)5-7-3-1-2-4-9(7)13-10/h1-4,6,10H,5H2/t10-/m0/s1. The van der Waals surface area contributed by atoms with E-state index in [1.54, 1.807) is 6.07 Å². The summed E-state index contributed by atoms with van der Waals surface area (Å²) in [5.74, 6) is 0.466. The molecule has 0 radical (unpaired) electrons. The van der Waals surface area contributed by atoms with E-state index in [9.17, 15) is 9.59 Å². The predicted molar refractivity (Wildman–Crippen MR) is 45.6 cm³/mol. The van der Waals surface area contributed by atoms with Crippen LogP contribution < -0.4 is 4.74 Å². The lowest BCUT2D eigenvalue weighted by Gasteiger charge is -2.20. The van der Waals surface area contributed by atoms with Crippen molar-refractivity contribution >= 4 is 12.1 Å². The van der Waals surface area contributed by atoms with E-state index in [0.717, 1.165) is 5.56 Å². The zero-order chi connectivity index (χ0) is 9.26. The van der Waals surface area contributed by atoms with Crippen LogP contribution in [0.5, 0.6) is 5.75 Å². The number of carbonyl (C=O) groups excluding carboxylic acids is 2. The molecule has 66 valence electrons. The first-order valence-electron chi connectivity index (χ1n) is 4.04. The number of rotatable bonds is 1. The van der Waals surface area contributed by atoms with Crippen molar-refractivity contribution in [3.8, 4) is 5.75 Å². The Morgan fingerprint density at radius 1 is 1.38 bits per heavy atom. The van der Waals surface area contributed by atoms with Crippen molar-refractivity contribution in [2.45, 2.75) is 12.5 Å². The van der Waals surface area contributed by atoms with Crippen LogP contribution >= 0.6 is 0 Å². The highest BCUT2D eigenvalue weighted by atomic mass is 16.5. The molecule has 3 nitrogen and oxygen atoms in total. The van der Waals surface area contributed by atoms with E-state index < -0.39 is 6.10 Å². The number of fused-ring (bicyclic) bond motifs is 1. The lowest BCUT2D eigenvalue weighted by molar-refractivity contribution is -0.131. The van der Waals surface area contributed by atoms with E-state index in [-0.39, 0.29) is 5.78 Å². The molecule has 0 saturated heterocycles. The second-order valence-electron chi connectivity index (χ2n) is 2.93. The molecule has 1 aromatic rings. The molecular weight excluding hydrogens is 168 g/mol. The molecule has 1 aliphatic heterocycles. The number of Topliss-reactive ketones (excluding diaryl/α,β-unsaturated/α-hetero) is 1. The Balaban J connectivity index is 2.38. The summed E-state index contributed by atoms with van der Waals surface area (Å²) in [6.45, 7) is 0. The van der Waals surface area contributed by atoms with Gasteiger partial charge in [-0.15, -0.1) is 0 Å². The van der Waals surface area contributed by atoms with Gasteiger partial charge in [-0.05, 0) is 6.07 Å². The van der Waals surface area contributed by atoms with Crippen molar-refractivity contribution in [2.75, 3.05) is 0 Å². The van der Waals surface area contributed by atoms with E-state index in [4.69, 9.17) is 4.74 Å².